The molecule has 6 nitrogen and oxygen atoms in total. The number of anilines is 1. The predicted octanol–water partition coefficient (Wildman–Crippen LogP) is 7.20. The summed E-state index contributed by atoms with van der Waals surface area (Å²) < 4.78 is 5.37. The van der Waals surface area contributed by atoms with Gasteiger partial charge in [-0.1, -0.05) is 90.9 Å². The van der Waals surface area contributed by atoms with Crippen molar-refractivity contribution < 1.29 is 9.21 Å². The molecule has 0 spiro atoms. The molecule has 7 heteroatoms. The molecule has 0 fully saturated rings. The molecular formula is C26H43N3O3S. The van der Waals surface area contributed by atoms with Crippen molar-refractivity contribution in [1.29, 1.82) is 0 Å². The normalized spacial score (nSPS) is 11.2. The van der Waals surface area contributed by atoms with Crippen molar-refractivity contribution in [1.82, 2.24) is 10.3 Å². The number of thiophene rings is 1. The van der Waals surface area contributed by atoms with Crippen LogP contribution in [0.4, 0.5) is 6.01 Å². The number of carbonyl (C=O) groups is 1. The van der Waals surface area contributed by atoms with Gasteiger partial charge in [0.15, 0.2) is 0 Å². The van der Waals surface area contributed by atoms with Crippen molar-refractivity contribution in [3.05, 3.63) is 20.9 Å². The van der Waals surface area contributed by atoms with E-state index in [1.165, 1.54) is 75.5 Å². The number of nitrogens with zero attached hydrogens (tertiary/aromatic N) is 1. The van der Waals surface area contributed by atoms with E-state index in [0.717, 1.165) is 32.2 Å². The van der Waals surface area contributed by atoms with E-state index in [0.29, 0.717) is 27.2 Å². The first-order valence-corrected chi connectivity index (χ1v) is 13.9. The fourth-order valence-corrected chi connectivity index (χ4v) is 5.09. The van der Waals surface area contributed by atoms with Crippen LogP contribution in [0.15, 0.2) is 9.21 Å². The summed E-state index contributed by atoms with van der Waals surface area (Å²) in [5.74, 6) is -0.126. The lowest BCUT2D eigenvalue weighted by atomic mass is 10.1. The molecule has 1 amide bonds. The van der Waals surface area contributed by atoms with E-state index in [1.807, 2.05) is 0 Å². The van der Waals surface area contributed by atoms with Crippen LogP contribution in [-0.4, -0.2) is 24.0 Å². The number of hydrogen-bond donors (Lipinski definition) is 2. The molecule has 2 rings (SSSR count). The second kappa shape index (κ2) is 15.9. The number of carbonyl (C=O) groups excluding carboxylic acids is 1. The molecular weight excluding hydrogens is 434 g/mol. The minimum Gasteiger partial charge on any atom is -0.389 e. The van der Waals surface area contributed by atoms with Gasteiger partial charge in [0.1, 0.15) is 10.2 Å². The van der Waals surface area contributed by atoms with Crippen molar-refractivity contribution in [3.63, 3.8) is 0 Å². The van der Waals surface area contributed by atoms with E-state index in [1.54, 1.807) is 6.92 Å². The van der Waals surface area contributed by atoms with E-state index in [-0.39, 0.29) is 11.9 Å². The van der Waals surface area contributed by atoms with Gasteiger partial charge in [-0.25, -0.2) is 4.79 Å². The summed E-state index contributed by atoms with van der Waals surface area (Å²) >= 11 is 1.27. The minimum absolute atomic E-state index is 0.126. The number of rotatable bonds is 18. The van der Waals surface area contributed by atoms with Crippen LogP contribution < -0.4 is 16.3 Å². The third-order valence-corrected chi connectivity index (χ3v) is 7.24. The second-order valence-electron chi connectivity index (χ2n) is 8.97. The van der Waals surface area contributed by atoms with Gasteiger partial charge in [-0.05, 0) is 25.3 Å². The maximum Gasteiger partial charge on any atom is 0.349 e. The first-order valence-electron chi connectivity index (χ1n) is 13.0. The maximum atomic E-state index is 12.7. The molecule has 0 aliphatic rings. The van der Waals surface area contributed by atoms with Crippen molar-refractivity contribution in [2.24, 2.45) is 0 Å². The zero-order valence-electron chi connectivity index (χ0n) is 20.9. The lowest BCUT2D eigenvalue weighted by Crippen LogP contribution is -2.24. The number of amides is 1. The Kier molecular flexibility index (Phi) is 13.1. The molecule has 2 heterocycles. The predicted molar refractivity (Wildman–Crippen MR) is 140 cm³/mol. The van der Waals surface area contributed by atoms with Gasteiger partial charge >= 0.3 is 5.63 Å². The summed E-state index contributed by atoms with van der Waals surface area (Å²) in [7, 11) is 0. The SMILES string of the molecule is CCCCCCCCCCNC(=O)c1sc2nc(NCCCCCCCC)oc(=O)c2c1C. The molecule has 2 N–H and O–H groups in total. The van der Waals surface area contributed by atoms with Gasteiger partial charge in [0.25, 0.3) is 11.9 Å². The Hall–Kier alpha value is -1.89. The van der Waals surface area contributed by atoms with Crippen molar-refractivity contribution >= 4 is 33.5 Å². The summed E-state index contributed by atoms with van der Waals surface area (Å²) in [6.45, 7) is 7.63. The molecule has 0 aliphatic heterocycles. The maximum absolute atomic E-state index is 12.7. The number of hydrogen-bond acceptors (Lipinski definition) is 6. The molecule has 0 bridgehead atoms. The molecule has 0 saturated heterocycles. The van der Waals surface area contributed by atoms with Crippen LogP contribution in [0.3, 0.4) is 0 Å². The molecule has 0 saturated carbocycles. The third kappa shape index (κ3) is 9.48. The summed E-state index contributed by atoms with van der Waals surface area (Å²) in [5.41, 5.74) is 0.230. The van der Waals surface area contributed by atoms with Gasteiger partial charge in [0.05, 0.1) is 4.88 Å². The Balaban J connectivity index is 1.80. The van der Waals surface area contributed by atoms with Gasteiger partial charge in [0.2, 0.25) is 0 Å². The smallest absolute Gasteiger partial charge is 0.349 e. The Morgan fingerprint density at radius 3 is 2.00 bits per heavy atom. The average Bonchev–Trinajstić information content (AvgIpc) is 3.14. The van der Waals surface area contributed by atoms with E-state index in [9.17, 15) is 9.59 Å². The largest absolute Gasteiger partial charge is 0.389 e. The second-order valence-corrected chi connectivity index (χ2v) is 9.97. The molecule has 186 valence electrons. The number of aryl methyl sites for hydroxylation is 1. The Bertz CT molecular complexity index is 891. The van der Waals surface area contributed by atoms with Gasteiger partial charge in [-0.15, -0.1) is 11.3 Å². The molecule has 0 unspecified atom stereocenters. The van der Waals surface area contributed by atoms with Crippen LogP contribution in [0.1, 0.15) is 119 Å². The number of fused-ring (bicyclic) bond motifs is 1. The van der Waals surface area contributed by atoms with E-state index in [4.69, 9.17) is 4.42 Å². The Morgan fingerprint density at radius 1 is 0.848 bits per heavy atom. The third-order valence-electron chi connectivity index (χ3n) is 6.05. The zero-order valence-corrected chi connectivity index (χ0v) is 21.7. The Morgan fingerprint density at radius 2 is 1.39 bits per heavy atom. The molecule has 0 aromatic carbocycles. The number of nitrogens with one attached hydrogen (secondary N) is 2. The average molecular weight is 478 g/mol. The van der Waals surface area contributed by atoms with E-state index in [2.05, 4.69) is 29.5 Å². The fraction of sp³-hybridized carbons (Fsp3) is 0.731. The Labute approximate surface area is 202 Å². The highest BCUT2D eigenvalue weighted by Crippen LogP contribution is 2.28. The van der Waals surface area contributed by atoms with Crippen LogP contribution >= 0.6 is 11.3 Å². The quantitative estimate of drug-likeness (QED) is 0.222. The van der Waals surface area contributed by atoms with Gasteiger partial charge in [-0.3, -0.25) is 4.79 Å². The summed E-state index contributed by atoms with van der Waals surface area (Å²) in [4.78, 5) is 30.8. The molecule has 0 atom stereocenters. The number of aromatic nitrogens is 1. The van der Waals surface area contributed by atoms with E-state index >= 15 is 0 Å². The highest BCUT2D eigenvalue weighted by atomic mass is 32.1. The van der Waals surface area contributed by atoms with Gasteiger partial charge in [0, 0.05) is 13.1 Å². The van der Waals surface area contributed by atoms with Crippen molar-refractivity contribution in [2.45, 2.75) is 111 Å². The van der Waals surface area contributed by atoms with Crippen LogP contribution in [0.2, 0.25) is 0 Å². The van der Waals surface area contributed by atoms with Crippen LogP contribution in [0.25, 0.3) is 10.2 Å². The summed E-state index contributed by atoms with van der Waals surface area (Å²) in [5, 5.41) is 6.55. The summed E-state index contributed by atoms with van der Waals surface area (Å²) in [6.07, 6.45) is 17.1. The van der Waals surface area contributed by atoms with Crippen molar-refractivity contribution in [2.75, 3.05) is 18.4 Å². The number of unbranched alkanes of at least 4 members (excludes halogenated alkanes) is 12. The monoisotopic (exact) mass is 477 g/mol. The molecule has 2 aromatic rings. The zero-order chi connectivity index (χ0) is 23.9. The van der Waals surface area contributed by atoms with Crippen LogP contribution in [-0.2, 0) is 0 Å². The van der Waals surface area contributed by atoms with Crippen LogP contribution in [0, 0.1) is 6.92 Å². The molecule has 0 aliphatic carbocycles. The molecule has 2 aromatic heterocycles. The van der Waals surface area contributed by atoms with Gasteiger partial charge in [-0.2, -0.15) is 4.98 Å². The van der Waals surface area contributed by atoms with Crippen molar-refractivity contribution in [3.8, 4) is 0 Å². The topological polar surface area (TPSA) is 84.2 Å². The fourth-order valence-electron chi connectivity index (χ4n) is 4.01. The highest BCUT2D eigenvalue weighted by molar-refractivity contribution is 7.20. The lowest BCUT2D eigenvalue weighted by molar-refractivity contribution is 0.0956. The first kappa shape index (κ1) is 27.4. The minimum atomic E-state index is -0.429. The van der Waals surface area contributed by atoms with E-state index < -0.39 is 5.63 Å². The molecule has 33 heavy (non-hydrogen) atoms. The summed E-state index contributed by atoms with van der Waals surface area (Å²) in [6, 6.07) is 0.244. The van der Waals surface area contributed by atoms with Crippen LogP contribution in [0.5, 0.6) is 0 Å². The molecule has 0 radical (unpaired) electrons. The lowest BCUT2D eigenvalue weighted by Gasteiger charge is -2.05. The van der Waals surface area contributed by atoms with Gasteiger partial charge < -0.3 is 15.1 Å². The standard InChI is InChI=1S/C26H43N3O3S/c1-4-6-8-10-12-13-15-16-18-27-23(30)22-20(3)21-24(33-22)29-26(32-25(21)31)28-19-17-14-11-9-7-5-2/h4-19H2,1-3H3,(H,27,30)(H,28,29). The first-order chi connectivity index (χ1) is 16.1. The highest BCUT2D eigenvalue weighted by Gasteiger charge is 2.20.